The van der Waals surface area contributed by atoms with Gasteiger partial charge in [0.15, 0.2) is 0 Å². The fourth-order valence-corrected chi connectivity index (χ4v) is 1.87. The summed E-state index contributed by atoms with van der Waals surface area (Å²) in [5.74, 6) is 0. The maximum absolute atomic E-state index is 11.1. The molecule has 2 atom stereocenters. The Morgan fingerprint density at radius 3 is 2.67 bits per heavy atom. The van der Waals surface area contributed by atoms with Gasteiger partial charge in [0.1, 0.15) is 6.29 Å². The average Bonchev–Trinajstić information content (AvgIpc) is 2.00. The van der Waals surface area contributed by atoms with Gasteiger partial charge in [-0.05, 0) is 13.3 Å². The van der Waals surface area contributed by atoms with Crippen LogP contribution in [0.1, 0.15) is 26.7 Å². The molecular weight excluding hydrogens is 179 g/mol. The van der Waals surface area contributed by atoms with E-state index in [0.29, 0.717) is 12.7 Å². The van der Waals surface area contributed by atoms with Crippen LogP contribution in [0.15, 0.2) is 0 Å². The highest BCUT2D eigenvalue weighted by Gasteiger charge is 2.20. The van der Waals surface area contributed by atoms with Crippen LogP contribution in [-0.2, 0) is 13.9 Å². The van der Waals surface area contributed by atoms with Crippen LogP contribution in [0.5, 0.6) is 0 Å². The number of carbonyl (C=O) groups excluding carboxylic acids is 1. The summed E-state index contributed by atoms with van der Waals surface area (Å²) in [5, 5.41) is 0. The van der Waals surface area contributed by atoms with Crippen molar-refractivity contribution in [2.24, 2.45) is 0 Å². The van der Waals surface area contributed by atoms with Crippen molar-refractivity contribution in [3.8, 4) is 0 Å². The average molecular weight is 194 g/mol. The summed E-state index contributed by atoms with van der Waals surface area (Å²) in [6.45, 7) is 3.59. The molecular formula is C7H15O4P. The van der Waals surface area contributed by atoms with Gasteiger partial charge in [-0.1, -0.05) is 6.92 Å². The Labute approximate surface area is 72.5 Å². The summed E-state index contributed by atoms with van der Waals surface area (Å²) in [5.41, 5.74) is 0. The zero-order chi connectivity index (χ0) is 9.61. The Morgan fingerprint density at radius 2 is 2.25 bits per heavy atom. The molecule has 0 radical (unpaired) electrons. The summed E-state index contributed by atoms with van der Waals surface area (Å²) in [6, 6.07) is 0. The van der Waals surface area contributed by atoms with E-state index >= 15 is 0 Å². The smallest absolute Gasteiger partial charge is 0.324 e. The van der Waals surface area contributed by atoms with E-state index in [1.807, 2.05) is 6.92 Å². The van der Waals surface area contributed by atoms with Gasteiger partial charge in [-0.25, -0.2) is 0 Å². The van der Waals surface area contributed by atoms with Crippen LogP contribution < -0.4 is 0 Å². The van der Waals surface area contributed by atoms with Crippen molar-refractivity contribution < 1.29 is 18.8 Å². The van der Waals surface area contributed by atoms with Crippen LogP contribution in [-0.4, -0.2) is 23.4 Å². The van der Waals surface area contributed by atoms with Crippen molar-refractivity contribution in [2.45, 2.75) is 32.8 Å². The van der Waals surface area contributed by atoms with Gasteiger partial charge in [0, 0.05) is 6.42 Å². The highest BCUT2D eigenvalue weighted by Crippen LogP contribution is 2.43. The lowest BCUT2D eigenvalue weighted by Crippen LogP contribution is -2.06. The number of rotatable bonds is 6. The van der Waals surface area contributed by atoms with E-state index in [4.69, 9.17) is 9.42 Å². The van der Waals surface area contributed by atoms with E-state index in [9.17, 15) is 9.36 Å². The summed E-state index contributed by atoms with van der Waals surface area (Å²) in [7, 11) is -3.51. The quantitative estimate of drug-likeness (QED) is 0.515. The first-order valence-electron chi connectivity index (χ1n) is 3.95. The highest BCUT2D eigenvalue weighted by atomic mass is 31.2. The Hall–Kier alpha value is -0.180. The van der Waals surface area contributed by atoms with Crippen LogP contribution in [0.4, 0.5) is 0 Å². The van der Waals surface area contributed by atoms with E-state index in [0.717, 1.165) is 0 Å². The van der Waals surface area contributed by atoms with E-state index in [1.54, 1.807) is 6.92 Å². The lowest BCUT2D eigenvalue weighted by atomic mass is 10.3. The maximum Gasteiger partial charge on any atom is 0.328 e. The van der Waals surface area contributed by atoms with Crippen molar-refractivity contribution in [1.82, 2.24) is 0 Å². The Morgan fingerprint density at radius 1 is 1.67 bits per heavy atom. The number of hydrogen-bond donors (Lipinski definition) is 1. The predicted molar refractivity (Wildman–Crippen MR) is 46.2 cm³/mol. The molecule has 0 aliphatic carbocycles. The SMILES string of the molecule is CCC(C)OP(=O)(O)CCC=O. The molecule has 0 heterocycles. The molecule has 0 amide bonds. The number of hydrogen-bond acceptors (Lipinski definition) is 3. The topological polar surface area (TPSA) is 63.6 Å². The van der Waals surface area contributed by atoms with Gasteiger partial charge in [0.25, 0.3) is 0 Å². The molecule has 0 aliphatic rings. The second kappa shape index (κ2) is 5.46. The minimum Gasteiger partial charge on any atom is -0.324 e. The third-order valence-corrected chi connectivity index (χ3v) is 2.96. The van der Waals surface area contributed by atoms with Crippen LogP contribution >= 0.6 is 7.60 Å². The Kier molecular flexibility index (Phi) is 5.38. The molecule has 0 rings (SSSR count). The largest absolute Gasteiger partial charge is 0.328 e. The zero-order valence-electron chi connectivity index (χ0n) is 7.40. The van der Waals surface area contributed by atoms with Gasteiger partial charge in [-0.2, -0.15) is 0 Å². The van der Waals surface area contributed by atoms with Gasteiger partial charge < -0.3 is 14.2 Å². The third-order valence-electron chi connectivity index (χ3n) is 1.45. The molecule has 0 bridgehead atoms. The van der Waals surface area contributed by atoms with Crippen molar-refractivity contribution in [3.05, 3.63) is 0 Å². The predicted octanol–water partition coefficient (Wildman–Crippen LogP) is 1.58. The van der Waals surface area contributed by atoms with Gasteiger partial charge >= 0.3 is 7.60 Å². The van der Waals surface area contributed by atoms with E-state index in [1.165, 1.54) is 0 Å². The van der Waals surface area contributed by atoms with E-state index < -0.39 is 7.60 Å². The molecule has 0 aromatic heterocycles. The number of aldehydes is 1. The normalized spacial score (nSPS) is 18.2. The molecule has 5 heteroatoms. The highest BCUT2D eigenvalue weighted by molar-refractivity contribution is 7.52. The van der Waals surface area contributed by atoms with E-state index in [2.05, 4.69) is 0 Å². The third kappa shape index (κ3) is 5.47. The Balaban J connectivity index is 3.86. The summed E-state index contributed by atoms with van der Waals surface area (Å²) >= 11 is 0. The molecule has 0 spiro atoms. The molecule has 0 saturated heterocycles. The molecule has 0 aromatic rings. The molecule has 12 heavy (non-hydrogen) atoms. The second-order valence-electron chi connectivity index (χ2n) is 2.64. The summed E-state index contributed by atoms with van der Waals surface area (Å²) < 4.78 is 16.0. The molecule has 1 N–H and O–H groups in total. The van der Waals surface area contributed by atoms with Crippen molar-refractivity contribution >= 4 is 13.9 Å². The first kappa shape index (κ1) is 11.8. The molecule has 0 saturated carbocycles. The van der Waals surface area contributed by atoms with Crippen LogP contribution in [0, 0.1) is 0 Å². The van der Waals surface area contributed by atoms with Gasteiger partial charge in [0.2, 0.25) is 0 Å². The molecule has 0 fully saturated rings. The zero-order valence-corrected chi connectivity index (χ0v) is 8.29. The van der Waals surface area contributed by atoms with Crippen molar-refractivity contribution in [2.75, 3.05) is 6.16 Å². The lowest BCUT2D eigenvalue weighted by molar-refractivity contribution is -0.107. The van der Waals surface area contributed by atoms with Gasteiger partial charge in [-0.15, -0.1) is 0 Å². The van der Waals surface area contributed by atoms with Crippen molar-refractivity contribution in [1.29, 1.82) is 0 Å². The fraction of sp³-hybridized carbons (Fsp3) is 0.857. The Bertz CT molecular complexity index is 180. The molecule has 4 nitrogen and oxygen atoms in total. The van der Waals surface area contributed by atoms with Gasteiger partial charge in [0.05, 0.1) is 12.3 Å². The first-order chi connectivity index (χ1) is 5.52. The monoisotopic (exact) mass is 194 g/mol. The maximum atomic E-state index is 11.1. The van der Waals surface area contributed by atoms with Crippen LogP contribution in [0.25, 0.3) is 0 Å². The molecule has 2 unspecified atom stereocenters. The minimum absolute atomic E-state index is 0.0736. The summed E-state index contributed by atoms with van der Waals surface area (Å²) in [6.07, 6.45) is 1.06. The van der Waals surface area contributed by atoms with Crippen molar-refractivity contribution in [3.63, 3.8) is 0 Å². The van der Waals surface area contributed by atoms with Gasteiger partial charge in [-0.3, -0.25) is 4.57 Å². The number of carbonyl (C=O) groups is 1. The second-order valence-corrected chi connectivity index (χ2v) is 4.57. The van der Waals surface area contributed by atoms with E-state index in [-0.39, 0.29) is 18.7 Å². The summed E-state index contributed by atoms with van der Waals surface area (Å²) in [4.78, 5) is 19.0. The van der Waals surface area contributed by atoms with Crippen LogP contribution in [0.2, 0.25) is 0 Å². The molecule has 0 aliphatic heterocycles. The lowest BCUT2D eigenvalue weighted by Gasteiger charge is -2.15. The molecule has 72 valence electrons. The standard InChI is InChI=1S/C7H15O4P/c1-3-7(2)11-12(9,10)6-4-5-8/h5,7H,3-4,6H2,1-2H3,(H,9,10). The minimum atomic E-state index is -3.51. The first-order valence-corrected chi connectivity index (χ1v) is 5.72. The van der Waals surface area contributed by atoms with Crippen LogP contribution in [0.3, 0.4) is 0 Å². The fourth-order valence-electron chi connectivity index (χ4n) is 0.624. The molecule has 0 aromatic carbocycles.